The van der Waals surface area contributed by atoms with E-state index in [4.69, 9.17) is 27.6 Å². The number of hydrogen-bond donors (Lipinski definition) is 1. The number of amides is 1. The molecule has 1 N–H and O–H groups in total. The zero-order valence-corrected chi connectivity index (χ0v) is 25.3. The minimum atomic E-state index is -2.07. The Hall–Kier alpha value is -2.98. The average Bonchev–Trinajstić information content (AvgIpc) is 2.88. The molecule has 2 aromatic carbocycles. The van der Waals surface area contributed by atoms with E-state index in [9.17, 15) is 9.59 Å². The van der Waals surface area contributed by atoms with Crippen molar-refractivity contribution in [2.75, 3.05) is 18.1 Å². The van der Waals surface area contributed by atoms with Gasteiger partial charge in [-0.3, -0.25) is 19.1 Å². The molecule has 8 nitrogen and oxygen atoms in total. The fourth-order valence-electron chi connectivity index (χ4n) is 3.92. The molecular formula is C28H33Cl2N5O3Si. The number of carbonyl (C=O) groups excluding carboxylic acids is 1. The first kappa shape index (κ1) is 29.0. The summed E-state index contributed by atoms with van der Waals surface area (Å²) in [5, 5.41) is 3.27. The van der Waals surface area contributed by atoms with Crippen molar-refractivity contribution in [1.29, 1.82) is 0 Å². The largest absolute Gasteiger partial charge is 0.415 e. The van der Waals surface area contributed by atoms with Crippen LogP contribution < -0.4 is 15.8 Å². The molecule has 11 heteroatoms. The lowest BCUT2D eigenvalue weighted by molar-refractivity contribution is -0.115. The molecule has 0 spiro atoms. The van der Waals surface area contributed by atoms with Crippen LogP contribution in [-0.4, -0.2) is 48.8 Å². The number of aliphatic imine (C=N–C) groups is 1. The summed E-state index contributed by atoms with van der Waals surface area (Å²) in [5.41, 5.74) is 1.01. The van der Waals surface area contributed by atoms with Gasteiger partial charge in [0, 0.05) is 12.2 Å². The number of carbonyl (C=O) groups is 1. The van der Waals surface area contributed by atoms with Crippen molar-refractivity contribution in [2.24, 2.45) is 4.99 Å². The molecule has 0 fully saturated rings. The highest BCUT2D eigenvalue weighted by molar-refractivity contribution is 6.74. The molecule has 206 valence electrons. The van der Waals surface area contributed by atoms with Crippen LogP contribution in [0.2, 0.25) is 18.1 Å². The van der Waals surface area contributed by atoms with E-state index in [1.54, 1.807) is 29.1 Å². The molecule has 2 heterocycles. The van der Waals surface area contributed by atoms with Gasteiger partial charge in [-0.25, -0.2) is 4.98 Å². The molecule has 0 saturated heterocycles. The molecule has 1 aromatic heterocycles. The molecule has 3 aromatic rings. The maximum atomic E-state index is 13.8. The van der Waals surface area contributed by atoms with Crippen LogP contribution >= 0.6 is 23.2 Å². The maximum absolute atomic E-state index is 13.8. The third-order valence-electron chi connectivity index (χ3n) is 7.25. The number of fused-ring (bicyclic) bond motifs is 1. The summed E-state index contributed by atoms with van der Waals surface area (Å²) in [6.07, 6.45) is 2.90. The first-order chi connectivity index (χ1) is 18.4. The van der Waals surface area contributed by atoms with Gasteiger partial charge in [-0.1, -0.05) is 74.3 Å². The molecule has 0 saturated carbocycles. The normalized spacial score (nSPS) is 15.9. The van der Waals surface area contributed by atoms with Crippen LogP contribution in [0.4, 0.5) is 5.69 Å². The number of nitrogens with one attached hydrogen (secondary N) is 1. The highest BCUT2D eigenvalue weighted by Gasteiger charge is 2.37. The maximum Gasteiger partial charge on any atom is 0.261 e. The number of halogens is 2. The molecule has 1 atom stereocenters. The van der Waals surface area contributed by atoms with Gasteiger partial charge in [0.2, 0.25) is 0 Å². The second-order valence-electron chi connectivity index (χ2n) is 10.9. The number of benzene rings is 2. The van der Waals surface area contributed by atoms with Crippen LogP contribution in [0, 0.1) is 0 Å². The highest BCUT2D eigenvalue weighted by atomic mass is 35.5. The highest BCUT2D eigenvalue weighted by Crippen LogP contribution is 2.36. The Kier molecular flexibility index (Phi) is 8.65. The molecular weight excluding hydrogens is 553 g/mol. The molecule has 1 unspecified atom stereocenters. The Morgan fingerprint density at radius 3 is 2.56 bits per heavy atom. The molecule has 4 rings (SSSR count). The fourth-order valence-corrected chi connectivity index (χ4v) is 5.50. The van der Waals surface area contributed by atoms with Gasteiger partial charge in [-0.05, 0) is 41.9 Å². The van der Waals surface area contributed by atoms with Gasteiger partial charge in [0.15, 0.2) is 13.8 Å². The molecule has 0 radical (unpaired) electrons. The van der Waals surface area contributed by atoms with Crippen molar-refractivity contribution in [1.82, 2.24) is 14.9 Å². The lowest BCUT2D eigenvalue weighted by Gasteiger charge is -2.37. The molecule has 1 aliphatic rings. The van der Waals surface area contributed by atoms with Crippen LogP contribution in [0.3, 0.4) is 0 Å². The Bertz CT molecular complexity index is 1480. The standard InChI is InChI=1S/C28H33Cl2N5O3Si/c1-28(2,3)39(4,5)38-14-13-35(27(37)23-24(29)31-17-32-25(23)30)20-11-12-22-21(15-20)26(36)34(18-33-22)16-19-9-7-6-8-10-19/h6-12,15,17-18,24H,13-14,16H2,1-5H3,(H,31,32). The van der Waals surface area contributed by atoms with Crippen LogP contribution in [0.15, 0.2) is 75.4 Å². The second kappa shape index (κ2) is 11.6. The summed E-state index contributed by atoms with van der Waals surface area (Å²) in [5.74, 6) is -0.420. The number of nitrogens with zero attached hydrogens (tertiary/aromatic N) is 4. The van der Waals surface area contributed by atoms with Gasteiger partial charge in [-0.2, -0.15) is 0 Å². The Morgan fingerprint density at radius 1 is 1.18 bits per heavy atom. The minimum absolute atomic E-state index is 0.00929. The Morgan fingerprint density at radius 2 is 1.90 bits per heavy atom. The van der Waals surface area contributed by atoms with Gasteiger partial charge < -0.3 is 14.6 Å². The smallest absolute Gasteiger partial charge is 0.261 e. The van der Waals surface area contributed by atoms with E-state index in [0.717, 1.165) is 5.56 Å². The van der Waals surface area contributed by atoms with E-state index in [1.165, 1.54) is 11.2 Å². The Labute approximate surface area is 239 Å². The Balaban J connectivity index is 1.71. The van der Waals surface area contributed by atoms with E-state index in [-0.39, 0.29) is 27.9 Å². The van der Waals surface area contributed by atoms with Crippen LogP contribution in [0.1, 0.15) is 26.3 Å². The number of anilines is 1. The van der Waals surface area contributed by atoms with Gasteiger partial charge >= 0.3 is 0 Å². The molecule has 0 aliphatic carbocycles. The lowest BCUT2D eigenvalue weighted by Crippen LogP contribution is -2.44. The summed E-state index contributed by atoms with van der Waals surface area (Å²) in [6, 6.07) is 14.9. The zero-order chi connectivity index (χ0) is 28.4. The van der Waals surface area contributed by atoms with Crippen LogP contribution in [0.25, 0.3) is 10.9 Å². The molecule has 1 amide bonds. The summed E-state index contributed by atoms with van der Waals surface area (Å²) in [7, 11) is -2.07. The van der Waals surface area contributed by atoms with Crippen molar-refractivity contribution in [3.63, 3.8) is 0 Å². The lowest BCUT2D eigenvalue weighted by atomic mass is 10.1. The van der Waals surface area contributed by atoms with Gasteiger partial charge in [0.1, 0.15) is 5.16 Å². The second-order valence-corrected chi connectivity index (χ2v) is 16.5. The van der Waals surface area contributed by atoms with Gasteiger partial charge in [0.25, 0.3) is 11.5 Å². The molecule has 0 bridgehead atoms. The van der Waals surface area contributed by atoms with E-state index in [2.05, 4.69) is 49.2 Å². The predicted octanol–water partition coefficient (Wildman–Crippen LogP) is 5.45. The van der Waals surface area contributed by atoms with E-state index < -0.39 is 19.7 Å². The predicted molar refractivity (Wildman–Crippen MR) is 161 cm³/mol. The van der Waals surface area contributed by atoms with Crippen LogP contribution in [0.5, 0.6) is 0 Å². The minimum Gasteiger partial charge on any atom is -0.415 e. The van der Waals surface area contributed by atoms with Crippen LogP contribution in [-0.2, 0) is 15.8 Å². The van der Waals surface area contributed by atoms with Crippen molar-refractivity contribution in [2.45, 2.75) is 50.9 Å². The van der Waals surface area contributed by atoms with Gasteiger partial charge in [0.05, 0.1) is 42.3 Å². The third-order valence-corrected chi connectivity index (χ3v) is 12.4. The number of hydrogen-bond acceptors (Lipinski definition) is 6. The fraction of sp³-hybridized carbons (Fsp3) is 0.357. The first-order valence-electron chi connectivity index (χ1n) is 12.7. The summed E-state index contributed by atoms with van der Waals surface area (Å²) in [6.45, 7) is 11.7. The summed E-state index contributed by atoms with van der Waals surface area (Å²) >= 11 is 12.7. The van der Waals surface area contributed by atoms with Crippen molar-refractivity contribution in [3.8, 4) is 0 Å². The first-order valence-corrected chi connectivity index (χ1v) is 16.4. The number of alkyl halides is 1. The summed E-state index contributed by atoms with van der Waals surface area (Å²) in [4.78, 5) is 37.4. The van der Waals surface area contributed by atoms with E-state index in [1.807, 2.05) is 30.3 Å². The topological polar surface area (TPSA) is 88.8 Å². The SMILES string of the molecule is CC(C)(C)[Si](C)(C)OCCN(C(=O)C1=C(Cl)NC=NC1Cl)c1ccc2ncn(Cc3ccccc3)c(=O)c2c1. The van der Waals surface area contributed by atoms with E-state index >= 15 is 0 Å². The monoisotopic (exact) mass is 585 g/mol. The summed E-state index contributed by atoms with van der Waals surface area (Å²) < 4.78 is 7.93. The quantitative estimate of drug-likeness (QED) is 0.216. The average molecular weight is 587 g/mol. The number of aromatic nitrogens is 2. The zero-order valence-electron chi connectivity index (χ0n) is 22.7. The third kappa shape index (κ3) is 6.44. The van der Waals surface area contributed by atoms with Gasteiger partial charge in [-0.15, -0.1) is 0 Å². The van der Waals surface area contributed by atoms with E-state index in [0.29, 0.717) is 29.7 Å². The van der Waals surface area contributed by atoms with Crippen molar-refractivity contribution in [3.05, 3.63) is 81.5 Å². The van der Waals surface area contributed by atoms with Crippen molar-refractivity contribution >= 4 is 60.4 Å². The molecule has 1 aliphatic heterocycles. The van der Waals surface area contributed by atoms with Crippen molar-refractivity contribution < 1.29 is 9.22 Å². The molecule has 39 heavy (non-hydrogen) atoms. The number of rotatable bonds is 8.